The minimum Gasteiger partial charge on any atom is -0.381 e. The standard InChI is InChI=1S/C17H20N2O/c1-11-6-4-7-14(12(11)2)10-19-16-9-5-8-15(13(16)3)17(18)20/h4-9,19H,10H2,1-3H3,(H2,18,20). The fourth-order valence-corrected chi connectivity index (χ4v) is 2.29. The third-order valence-corrected chi connectivity index (χ3v) is 3.79. The molecule has 104 valence electrons. The fourth-order valence-electron chi connectivity index (χ4n) is 2.29. The molecule has 0 bridgehead atoms. The second kappa shape index (κ2) is 5.78. The predicted octanol–water partition coefficient (Wildman–Crippen LogP) is 3.32. The van der Waals surface area contributed by atoms with Gasteiger partial charge in [-0.15, -0.1) is 0 Å². The smallest absolute Gasteiger partial charge is 0.249 e. The molecule has 0 saturated carbocycles. The lowest BCUT2D eigenvalue weighted by atomic mass is 10.0. The number of nitrogens with two attached hydrogens (primary N) is 1. The van der Waals surface area contributed by atoms with E-state index >= 15 is 0 Å². The molecule has 3 nitrogen and oxygen atoms in total. The molecule has 0 aliphatic rings. The largest absolute Gasteiger partial charge is 0.381 e. The number of carbonyl (C=O) groups excluding carboxylic acids is 1. The van der Waals surface area contributed by atoms with Crippen LogP contribution in [-0.2, 0) is 6.54 Å². The molecule has 2 rings (SSSR count). The number of hydrogen-bond acceptors (Lipinski definition) is 2. The van der Waals surface area contributed by atoms with Gasteiger partial charge < -0.3 is 11.1 Å². The lowest BCUT2D eigenvalue weighted by Crippen LogP contribution is -2.14. The summed E-state index contributed by atoms with van der Waals surface area (Å²) in [7, 11) is 0. The Kier molecular flexibility index (Phi) is 4.08. The van der Waals surface area contributed by atoms with Crippen molar-refractivity contribution in [1.82, 2.24) is 0 Å². The molecular weight excluding hydrogens is 248 g/mol. The van der Waals surface area contributed by atoms with Crippen molar-refractivity contribution in [3.63, 3.8) is 0 Å². The minimum atomic E-state index is -0.391. The van der Waals surface area contributed by atoms with Crippen LogP contribution in [0.3, 0.4) is 0 Å². The summed E-state index contributed by atoms with van der Waals surface area (Å²) in [6.45, 7) is 6.87. The van der Waals surface area contributed by atoms with Gasteiger partial charge in [0.15, 0.2) is 0 Å². The highest BCUT2D eigenvalue weighted by Gasteiger charge is 2.08. The zero-order valence-corrected chi connectivity index (χ0v) is 12.2. The molecule has 20 heavy (non-hydrogen) atoms. The average Bonchev–Trinajstić information content (AvgIpc) is 2.41. The van der Waals surface area contributed by atoms with Crippen LogP contribution >= 0.6 is 0 Å². The van der Waals surface area contributed by atoms with E-state index in [1.807, 2.05) is 19.1 Å². The van der Waals surface area contributed by atoms with Crippen LogP contribution < -0.4 is 11.1 Å². The van der Waals surface area contributed by atoms with Crippen molar-refractivity contribution in [1.29, 1.82) is 0 Å². The molecule has 0 aliphatic carbocycles. The van der Waals surface area contributed by atoms with Crippen molar-refractivity contribution >= 4 is 11.6 Å². The third-order valence-electron chi connectivity index (χ3n) is 3.79. The highest BCUT2D eigenvalue weighted by molar-refractivity contribution is 5.95. The van der Waals surface area contributed by atoms with E-state index in [0.717, 1.165) is 17.8 Å². The highest BCUT2D eigenvalue weighted by Crippen LogP contribution is 2.20. The first-order chi connectivity index (χ1) is 9.50. The van der Waals surface area contributed by atoms with E-state index in [0.29, 0.717) is 5.56 Å². The van der Waals surface area contributed by atoms with E-state index < -0.39 is 5.91 Å². The highest BCUT2D eigenvalue weighted by atomic mass is 16.1. The van der Waals surface area contributed by atoms with E-state index in [9.17, 15) is 4.79 Å². The maximum atomic E-state index is 11.3. The van der Waals surface area contributed by atoms with Crippen LogP contribution in [0.25, 0.3) is 0 Å². The van der Waals surface area contributed by atoms with Gasteiger partial charge in [0.05, 0.1) is 0 Å². The summed E-state index contributed by atoms with van der Waals surface area (Å²) in [4.78, 5) is 11.3. The molecule has 0 unspecified atom stereocenters. The van der Waals surface area contributed by atoms with Gasteiger partial charge in [0.2, 0.25) is 5.91 Å². The van der Waals surface area contributed by atoms with Gasteiger partial charge in [-0.1, -0.05) is 24.3 Å². The van der Waals surface area contributed by atoms with Crippen molar-refractivity contribution in [3.8, 4) is 0 Å². The van der Waals surface area contributed by atoms with Crippen LogP contribution in [0.15, 0.2) is 36.4 Å². The SMILES string of the molecule is Cc1cccc(CNc2cccc(C(N)=O)c2C)c1C. The molecule has 0 heterocycles. The first-order valence-corrected chi connectivity index (χ1v) is 6.69. The van der Waals surface area contributed by atoms with Gasteiger partial charge in [0, 0.05) is 17.8 Å². The lowest BCUT2D eigenvalue weighted by molar-refractivity contribution is 0.1000. The quantitative estimate of drug-likeness (QED) is 0.893. The van der Waals surface area contributed by atoms with E-state index in [-0.39, 0.29) is 0 Å². The first kappa shape index (κ1) is 14.1. The maximum absolute atomic E-state index is 11.3. The average molecular weight is 268 g/mol. The molecule has 2 aromatic rings. The van der Waals surface area contributed by atoms with Crippen molar-refractivity contribution in [3.05, 3.63) is 64.2 Å². The summed E-state index contributed by atoms with van der Waals surface area (Å²) in [5.74, 6) is -0.391. The number of nitrogens with one attached hydrogen (secondary N) is 1. The molecule has 3 N–H and O–H groups in total. The monoisotopic (exact) mass is 268 g/mol. The first-order valence-electron chi connectivity index (χ1n) is 6.69. The van der Waals surface area contributed by atoms with E-state index in [1.165, 1.54) is 16.7 Å². The number of benzene rings is 2. The van der Waals surface area contributed by atoms with Gasteiger partial charge in [-0.05, 0) is 55.2 Å². The third kappa shape index (κ3) is 2.82. The fraction of sp³-hybridized carbons (Fsp3) is 0.235. The Hall–Kier alpha value is -2.29. The zero-order valence-electron chi connectivity index (χ0n) is 12.2. The molecule has 0 atom stereocenters. The van der Waals surface area contributed by atoms with Gasteiger partial charge in [0.25, 0.3) is 0 Å². The van der Waals surface area contributed by atoms with Crippen LogP contribution in [0.2, 0.25) is 0 Å². The number of anilines is 1. The Morgan fingerprint density at radius 3 is 2.45 bits per heavy atom. The number of aryl methyl sites for hydroxylation is 1. The van der Waals surface area contributed by atoms with Gasteiger partial charge in [-0.3, -0.25) is 4.79 Å². The van der Waals surface area contributed by atoms with Gasteiger partial charge in [0.1, 0.15) is 0 Å². The minimum absolute atomic E-state index is 0.391. The Labute approximate surface area is 119 Å². The molecule has 2 aromatic carbocycles. The number of primary amides is 1. The Bertz CT molecular complexity index is 647. The Balaban J connectivity index is 2.21. The molecule has 0 radical (unpaired) electrons. The van der Waals surface area contributed by atoms with E-state index in [1.54, 1.807) is 6.07 Å². The van der Waals surface area contributed by atoms with Crippen molar-refractivity contribution in [2.24, 2.45) is 5.73 Å². The van der Waals surface area contributed by atoms with Crippen molar-refractivity contribution in [2.75, 3.05) is 5.32 Å². The molecule has 3 heteroatoms. The summed E-state index contributed by atoms with van der Waals surface area (Å²) < 4.78 is 0. The summed E-state index contributed by atoms with van der Waals surface area (Å²) >= 11 is 0. The predicted molar refractivity (Wildman–Crippen MR) is 82.9 cm³/mol. The van der Waals surface area contributed by atoms with Crippen LogP contribution in [0.4, 0.5) is 5.69 Å². The number of hydrogen-bond donors (Lipinski definition) is 2. The topological polar surface area (TPSA) is 55.1 Å². The number of amides is 1. The Morgan fingerprint density at radius 1 is 1.05 bits per heavy atom. The van der Waals surface area contributed by atoms with Crippen LogP contribution in [0.1, 0.15) is 32.6 Å². The summed E-state index contributed by atoms with van der Waals surface area (Å²) in [6, 6.07) is 11.8. The molecule has 0 aliphatic heterocycles. The van der Waals surface area contributed by atoms with Gasteiger partial charge >= 0.3 is 0 Å². The normalized spacial score (nSPS) is 10.3. The lowest BCUT2D eigenvalue weighted by Gasteiger charge is -2.14. The summed E-state index contributed by atoms with van der Waals surface area (Å²) in [5.41, 5.74) is 11.6. The van der Waals surface area contributed by atoms with E-state index in [4.69, 9.17) is 5.73 Å². The number of carbonyl (C=O) groups is 1. The van der Waals surface area contributed by atoms with Crippen LogP contribution in [-0.4, -0.2) is 5.91 Å². The second-order valence-corrected chi connectivity index (χ2v) is 5.05. The van der Waals surface area contributed by atoms with E-state index in [2.05, 4.69) is 37.4 Å². The molecule has 0 aromatic heterocycles. The molecule has 0 saturated heterocycles. The molecule has 0 spiro atoms. The molecule has 0 fully saturated rings. The Morgan fingerprint density at radius 2 is 1.75 bits per heavy atom. The van der Waals surface area contributed by atoms with Crippen molar-refractivity contribution in [2.45, 2.75) is 27.3 Å². The second-order valence-electron chi connectivity index (χ2n) is 5.05. The summed E-state index contributed by atoms with van der Waals surface area (Å²) in [6.07, 6.45) is 0. The van der Waals surface area contributed by atoms with Gasteiger partial charge in [-0.2, -0.15) is 0 Å². The van der Waals surface area contributed by atoms with Gasteiger partial charge in [-0.25, -0.2) is 0 Å². The summed E-state index contributed by atoms with van der Waals surface area (Å²) in [5, 5.41) is 3.38. The molecule has 1 amide bonds. The maximum Gasteiger partial charge on any atom is 0.249 e. The van der Waals surface area contributed by atoms with Crippen LogP contribution in [0.5, 0.6) is 0 Å². The van der Waals surface area contributed by atoms with Crippen molar-refractivity contribution < 1.29 is 4.79 Å². The zero-order chi connectivity index (χ0) is 14.7. The van der Waals surface area contributed by atoms with Crippen LogP contribution in [0, 0.1) is 20.8 Å². The molecular formula is C17H20N2O. The number of rotatable bonds is 4.